The molecule has 0 spiro atoms. The molecule has 0 aliphatic carbocycles. The highest BCUT2D eigenvalue weighted by molar-refractivity contribution is 9.10. The van der Waals surface area contributed by atoms with Crippen LogP contribution >= 0.6 is 15.9 Å². The third-order valence-electron chi connectivity index (χ3n) is 4.37. The fourth-order valence-corrected chi connectivity index (χ4v) is 3.36. The second-order valence-corrected chi connectivity index (χ2v) is 6.82. The maximum atomic E-state index is 5.85. The van der Waals surface area contributed by atoms with Crippen molar-refractivity contribution in [3.63, 3.8) is 0 Å². The Hall–Kier alpha value is -0.380. The summed E-state index contributed by atoms with van der Waals surface area (Å²) in [5.41, 5.74) is 7.26. The maximum absolute atomic E-state index is 5.85. The van der Waals surface area contributed by atoms with Crippen molar-refractivity contribution < 1.29 is 0 Å². The highest BCUT2D eigenvalue weighted by Crippen LogP contribution is 2.24. The zero-order chi connectivity index (χ0) is 13.8. The van der Waals surface area contributed by atoms with Crippen molar-refractivity contribution in [2.45, 2.75) is 45.2 Å². The average molecular weight is 325 g/mol. The lowest BCUT2D eigenvalue weighted by atomic mass is 9.91. The molecule has 3 heteroatoms. The van der Waals surface area contributed by atoms with Crippen molar-refractivity contribution in [3.8, 4) is 0 Å². The van der Waals surface area contributed by atoms with E-state index in [1.54, 1.807) is 0 Å². The van der Waals surface area contributed by atoms with Crippen molar-refractivity contribution in [2.24, 2.45) is 11.7 Å². The summed E-state index contributed by atoms with van der Waals surface area (Å²) in [4.78, 5) is 2.64. The van der Waals surface area contributed by atoms with Gasteiger partial charge in [0.05, 0.1) is 0 Å². The van der Waals surface area contributed by atoms with E-state index in [4.69, 9.17) is 5.73 Å². The van der Waals surface area contributed by atoms with Crippen LogP contribution in [0.5, 0.6) is 0 Å². The second-order valence-electron chi connectivity index (χ2n) is 5.90. The molecule has 1 saturated heterocycles. The molecule has 3 unspecified atom stereocenters. The summed E-state index contributed by atoms with van der Waals surface area (Å²) in [6.07, 6.45) is 3.70. The van der Waals surface area contributed by atoms with Crippen LogP contribution in [0.2, 0.25) is 0 Å². The van der Waals surface area contributed by atoms with Gasteiger partial charge in [0.1, 0.15) is 0 Å². The quantitative estimate of drug-likeness (QED) is 0.919. The molecule has 106 valence electrons. The fourth-order valence-electron chi connectivity index (χ4n) is 3.10. The van der Waals surface area contributed by atoms with E-state index >= 15 is 0 Å². The van der Waals surface area contributed by atoms with Crippen LogP contribution in [0.15, 0.2) is 28.7 Å². The highest BCUT2D eigenvalue weighted by atomic mass is 79.9. The van der Waals surface area contributed by atoms with Crippen LogP contribution in [0, 0.1) is 5.92 Å². The molecule has 19 heavy (non-hydrogen) atoms. The Labute approximate surface area is 125 Å². The van der Waals surface area contributed by atoms with Crippen molar-refractivity contribution in [2.75, 3.05) is 13.1 Å². The van der Waals surface area contributed by atoms with Gasteiger partial charge < -0.3 is 5.73 Å². The zero-order valence-corrected chi connectivity index (χ0v) is 13.6. The van der Waals surface area contributed by atoms with Crippen molar-refractivity contribution in [1.82, 2.24) is 4.90 Å². The van der Waals surface area contributed by atoms with Crippen molar-refractivity contribution in [3.05, 3.63) is 34.3 Å². The second kappa shape index (κ2) is 6.87. The summed E-state index contributed by atoms with van der Waals surface area (Å²) in [5, 5.41) is 0. The Balaban J connectivity index is 1.97. The van der Waals surface area contributed by atoms with E-state index in [1.807, 2.05) is 0 Å². The van der Waals surface area contributed by atoms with Crippen LogP contribution in [0.1, 0.15) is 32.3 Å². The molecule has 0 aromatic heterocycles. The van der Waals surface area contributed by atoms with Gasteiger partial charge in [-0.25, -0.2) is 0 Å². The van der Waals surface area contributed by atoms with E-state index in [1.165, 1.54) is 18.4 Å². The topological polar surface area (TPSA) is 29.3 Å². The summed E-state index contributed by atoms with van der Waals surface area (Å²) in [6, 6.07) is 9.97. The summed E-state index contributed by atoms with van der Waals surface area (Å²) in [7, 11) is 0. The number of rotatable bonds is 4. The van der Waals surface area contributed by atoms with Gasteiger partial charge >= 0.3 is 0 Å². The molecule has 0 bridgehead atoms. The van der Waals surface area contributed by atoms with Crippen LogP contribution in [-0.2, 0) is 6.42 Å². The van der Waals surface area contributed by atoms with E-state index in [-0.39, 0.29) is 0 Å². The molecule has 0 amide bonds. The van der Waals surface area contributed by atoms with Gasteiger partial charge in [-0.2, -0.15) is 0 Å². The van der Waals surface area contributed by atoms with E-state index < -0.39 is 0 Å². The zero-order valence-electron chi connectivity index (χ0n) is 12.0. The molecular formula is C16H25BrN2. The molecular weight excluding hydrogens is 300 g/mol. The number of piperidine rings is 1. The van der Waals surface area contributed by atoms with Crippen molar-refractivity contribution >= 4 is 15.9 Å². The molecule has 2 N–H and O–H groups in total. The van der Waals surface area contributed by atoms with Gasteiger partial charge in [-0.05, 0) is 63.3 Å². The number of hydrogen-bond acceptors (Lipinski definition) is 2. The minimum absolute atomic E-state index is 0.588. The summed E-state index contributed by atoms with van der Waals surface area (Å²) >= 11 is 3.49. The van der Waals surface area contributed by atoms with E-state index in [2.05, 4.69) is 58.9 Å². The fraction of sp³-hybridized carbons (Fsp3) is 0.625. The third kappa shape index (κ3) is 4.04. The molecule has 2 nitrogen and oxygen atoms in total. The SMILES string of the molecule is CC1CCC(CN)CN1C(C)Cc1ccc(Br)cc1. The number of benzene rings is 1. The molecule has 1 aromatic carbocycles. The Kier molecular flexibility index (Phi) is 5.43. The van der Waals surface area contributed by atoms with Gasteiger partial charge in [0, 0.05) is 23.1 Å². The minimum Gasteiger partial charge on any atom is -0.330 e. The Morgan fingerprint density at radius 2 is 2.00 bits per heavy atom. The molecule has 2 rings (SSSR count). The molecule has 3 atom stereocenters. The van der Waals surface area contributed by atoms with Crippen LogP contribution in [-0.4, -0.2) is 30.1 Å². The molecule has 0 saturated carbocycles. The standard InChI is InChI=1S/C16H25BrN2/c1-12-3-4-15(10-18)11-19(12)13(2)9-14-5-7-16(17)8-6-14/h5-8,12-13,15H,3-4,9-11,18H2,1-2H3. The van der Waals surface area contributed by atoms with Gasteiger partial charge in [-0.15, -0.1) is 0 Å². The summed E-state index contributed by atoms with van der Waals surface area (Å²) < 4.78 is 1.15. The lowest BCUT2D eigenvalue weighted by Gasteiger charge is -2.41. The van der Waals surface area contributed by atoms with Gasteiger partial charge in [-0.3, -0.25) is 4.90 Å². The monoisotopic (exact) mass is 324 g/mol. The first-order valence-corrected chi connectivity index (χ1v) is 8.09. The van der Waals surface area contributed by atoms with E-state index in [0.717, 1.165) is 24.0 Å². The van der Waals surface area contributed by atoms with Crippen LogP contribution in [0.3, 0.4) is 0 Å². The smallest absolute Gasteiger partial charge is 0.0175 e. The van der Waals surface area contributed by atoms with E-state index in [9.17, 15) is 0 Å². The number of likely N-dealkylation sites (tertiary alicyclic amines) is 1. The van der Waals surface area contributed by atoms with Crippen molar-refractivity contribution in [1.29, 1.82) is 0 Å². The van der Waals surface area contributed by atoms with Crippen LogP contribution in [0.25, 0.3) is 0 Å². The Morgan fingerprint density at radius 1 is 1.32 bits per heavy atom. The Bertz CT molecular complexity index is 390. The number of hydrogen-bond donors (Lipinski definition) is 1. The van der Waals surface area contributed by atoms with E-state index in [0.29, 0.717) is 18.0 Å². The minimum atomic E-state index is 0.588. The maximum Gasteiger partial charge on any atom is 0.0175 e. The average Bonchev–Trinajstić information content (AvgIpc) is 2.42. The molecule has 1 aliphatic rings. The third-order valence-corrected chi connectivity index (χ3v) is 4.90. The lowest BCUT2D eigenvalue weighted by molar-refractivity contribution is 0.0814. The molecule has 1 aromatic rings. The van der Waals surface area contributed by atoms with Crippen LogP contribution in [0.4, 0.5) is 0 Å². The normalized spacial score (nSPS) is 26.3. The van der Waals surface area contributed by atoms with Gasteiger partial charge in [-0.1, -0.05) is 28.1 Å². The first kappa shape index (κ1) is 15.0. The first-order chi connectivity index (χ1) is 9.10. The summed E-state index contributed by atoms with van der Waals surface area (Å²) in [5.74, 6) is 0.684. The number of nitrogens with two attached hydrogens (primary N) is 1. The largest absolute Gasteiger partial charge is 0.330 e. The molecule has 0 radical (unpaired) electrons. The van der Waals surface area contributed by atoms with Gasteiger partial charge in [0.25, 0.3) is 0 Å². The number of nitrogens with zero attached hydrogens (tertiary/aromatic N) is 1. The lowest BCUT2D eigenvalue weighted by Crippen LogP contribution is -2.48. The first-order valence-electron chi connectivity index (χ1n) is 7.30. The molecule has 1 fully saturated rings. The summed E-state index contributed by atoms with van der Waals surface area (Å²) in [6.45, 7) is 6.69. The predicted molar refractivity (Wildman–Crippen MR) is 85.3 cm³/mol. The highest BCUT2D eigenvalue weighted by Gasteiger charge is 2.27. The number of halogens is 1. The molecule has 1 aliphatic heterocycles. The molecule has 1 heterocycles. The van der Waals surface area contributed by atoms with Crippen LogP contribution < -0.4 is 5.73 Å². The van der Waals surface area contributed by atoms with Gasteiger partial charge in [0.15, 0.2) is 0 Å². The Morgan fingerprint density at radius 3 is 2.63 bits per heavy atom. The predicted octanol–water partition coefficient (Wildman–Crippen LogP) is 3.44. The van der Waals surface area contributed by atoms with Gasteiger partial charge in [0.2, 0.25) is 0 Å².